The van der Waals surface area contributed by atoms with Crippen molar-refractivity contribution in [3.8, 4) is 5.75 Å². The summed E-state index contributed by atoms with van der Waals surface area (Å²) in [6, 6.07) is 11.7. The van der Waals surface area contributed by atoms with Crippen molar-refractivity contribution in [2.75, 3.05) is 26.8 Å². The zero-order chi connectivity index (χ0) is 15.9. The van der Waals surface area contributed by atoms with Crippen LogP contribution in [0.4, 0.5) is 0 Å². The molecule has 1 saturated heterocycles. The predicted molar refractivity (Wildman–Crippen MR) is 88.9 cm³/mol. The highest BCUT2D eigenvalue weighted by molar-refractivity contribution is 6.08. The first-order chi connectivity index (χ1) is 11.2. The van der Waals surface area contributed by atoms with Gasteiger partial charge in [-0.3, -0.25) is 4.79 Å². The topological polar surface area (TPSA) is 38.8 Å². The zero-order valence-electron chi connectivity index (χ0n) is 13.4. The second-order valence-electron chi connectivity index (χ2n) is 6.47. The van der Waals surface area contributed by atoms with Crippen LogP contribution >= 0.6 is 0 Å². The van der Waals surface area contributed by atoms with Gasteiger partial charge in [-0.25, -0.2) is 0 Å². The molecule has 0 N–H and O–H groups in total. The maximum Gasteiger partial charge on any atom is 0.254 e. The molecule has 0 radical (unpaired) electrons. The summed E-state index contributed by atoms with van der Waals surface area (Å²) >= 11 is 0. The summed E-state index contributed by atoms with van der Waals surface area (Å²) in [6.45, 7) is 2.02. The van der Waals surface area contributed by atoms with Crippen LogP contribution in [0.3, 0.4) is 0 Å². The van der Waals surface area contributed by atoms with Gasteiger partial charge in [-0.1, -0.05) is 24.3 Å². The molecule has 4 nitrogen and oxygen atoms in total. The summed E-state index contributed by atoms with van der Waals surface area (Å²) in [6.07, 6.45) is 3.34. The molecule has 0 atom stereocenters. The number of carbonyl (C=O) groups excluding carboxylic acids is 1. The van der Waals surface area contributed by atoms with Crippen molar-refractivity contribution in [3.05, 3.63) is 42.0 Å². The lowest BCUT2D eigenvalue weighted by molar-refractivity contribution is -0.142. The van der Waals surface area contributed by atoms with Crippen LogP contribution in [-0.2, 0) is 4.74 Å². The number of morpholine rings is 1. The molecule has 1 aliphatic heterocycles. The van der Waals surface area contributed by atoms with E-state index in [4.69, 9.17) is 9.47 Å². The van der Waals surface area contributed by atoms with Crippen LogP contribution in [0.1, 0.15) is 29.6 Å². The van der Waals surface area contributed by atoms with Gasteiger partial charge in [-0.15, -0.1) is 0 Å². The molecular formula is C19H21NO3. The highest BCUT2D eigenvalue weighted by atomic mass is 16.5. The second-order valence-corrected chi connectivity index (χ2v) is 6.47. The van der Waals surface area contributed by atoms with Gasteiger partial charge in [0.1, 0.15) is 5.75 Å². The van der Waals surface area contributed by atoms with Crippen LogP contribution in [0, 0.1) is 0 Å². The third-order valence-electron chi connectivity index (χ3n) is 5.13. The first kappa shape index (κ1) is 14.5. The van der Waals surface area contributed by atoms with Gasteiger partial charge in [0.25, 0.3) is 5.91 Å². The Morgan fingerprint density at radius 1 is 1.17 bits per heavy atom. The Hall–Kier alpha value is -2.07. The monoisotopic (exact) mass is 311 g/mol. The standard InChI is InChI=1S/C19H21NO3/c1-22-17-8-7-16(14-5-2-3-6-15(14)17)18(21)20-11-12-23-19(13-20)9-4-10-19/h2-3,5-8H,4,9-13H2,1H3. The Bertz CT molecular complexity index is 751. The van der Waals surface area contributed by atoms with E-state index in [1.165, 1.54) is 6.42 Å². The molecule has 4 heteroatoms. The highest BCUT2D eigenvalue weighted by Crippen LogP contribution is 2.39. The van der Waals surface area contributed by atoms with Crippen LogP contribution in [0.2, 0.25) is 0 Å². The largest absolute Gasteiger partial charge is 0.496 e. The molecule has 0 bridgehead atoms. The summed E-state index contributed by atoms with van der Waals surface area (Å²) in [7, 11) is 1.66. The Morgan fingerprint density at radius 3 is 2.65 bits per heavy atom. The minimum Gasteiger partial charge on any atom is -0.496 e. The number of benzene rings is 2. The average molecular weight is 311 g/mol. The van der Waals surface area contributed by atoms with E-state index in [2.05, 4.69) is 0 Å². The van der Waals surface area contributed by atoms with E-state index in [0.717, 1.165) is 34.9 Å². The molecule has 23 heavy (non-hydrogen) atoms. The summed E-state index contributed by atoms with van der Waals surface area (Å²) in [5.41, 5.74) is 0.675. The van der Waals surface area contributed by atoms with Gasteiger partial charge in [0.2, 0.25) is 0 Å². The number of fused-ring (bicyclic) bond motifs is 1. The van der Waals surface area contributed by atoms with Crippen molar-refractivity contribution in [3.63, 3.8) is 0 Å². The summed E-state index contributed by atoms with van der Waals surface area (Å²) in [5.74, 6) is 0.896. The third-order valence-corrected chi connectivity index (χ3v) is 5.13. The normalized spacial score (nSPS) is 19.6. The molecule has 0 unspecified atom stereocenters. The smallest absolute Gasteiger partial charge is 0.254 e. The zero-order valence-corrected chi connectivity index (χ0v) is 13.4. The Balaban J connectivity index is 1.70. The number of carbonyl (C=O) groups is 1. The third kappa shape index (κ3) is 2.38. The van der Waals surface area contributed by atoms with Gasteiger partial charge in [-0.2, -0.15) is 0 Å². The molecule has 1 aliphatic carbocycles. The van der Waals surface area contributed by atoms with Crippen molar-refractivity contribution in [1.29, 1.82) is 0 Å². The van der Waals surface area contributed by atoms with E-state index in [1.54, 1.807) is 7.11 Å². The molecule has 1 spiro atoms. The van der Waals surface area contributed by atoms with Crippen LogP contribution in [0.15, 0.2) is 36.4 Å². The van der Waals surface area contributed by atoms with Gasteiger partial charge in [0.05, 0.1) is 25.9 Å². The molecule has 1 saturated carbocycles. The van der Waals surface area contributed by atoms with Gasteiger partial charge >= 0.3 is 0 Å². The van der Waals surface area contributed by atoms with Crippen LogP contribution in [-0.4, -0.2) is 43.2 Å². The number of hydrogen-bond acceptors (Lipinski definition) is 3. The lowest BCUT2D eigenvalue weighted by Crippen LogP contribution is -2.57. The SMILES string of the molecule is COc1ccc(C(=O)N2CCOC3(CCC3)C2)c2ccccc12. The fourth-order valence-electron chi connectivity index (χ4n) is 3.70. The highest BCUT2D eigenvalue weighted by Gasteiger charge is 2.43. The van der Waals surface area contributed by atoms with E-state index in [9.17, 15) is 4.79 Å². The fraction of sp³-hybridized carbons (Fsp3) is 0.421. The van der Waals surface area contributed by atoms with Crippen molar-refractivity contribution in [1.82, 2.24) is 4.90 Å². The van der Waals surface area contributed by atoms with E-state index in [1.807, 2.05) is 41.3 Å². The number of ether oxygens (including phenoxy) is 2. The number of rotatable bonds is 2. The molecule has 2 fully saturated rings. The first-order valence-corrected chi connectivity index (χ1v) is 8.21. The van der Waals surface area contributed by atoms with Crippen LogP contribution in [0.25, 0.3) is 10.8 Å². The summed E-state index contributed by atoms with van der Waals surface area (Å²) in [5, 5.41) is 1.93. The fourth-order valence-corrected chi connectivity index (χ4v) is 3.70. The van der Waals surface area contributed by atoms with Gasteiger partial charge in [0.15, 0.2) is 0 Å². The number of nitrogens with zero attached hydrogens (tertiary/aromatic N) is 1. The van der Waals surface area contributed by atoms with E-state index in [-0.39, 0.29) is 11.5 Å². The molecule has 4 rings (SSSR count). The minimum absolute atomic E-state index is 0.0732. The van der Waals surface area contributed by atoms with E-state index < -0.39 is 0 Å². The Kier molecular flexibility index (Phi) is 3.49. The predicted octanol–water partition coefficient (Wildman–Crippen LogP) is 3.24. The Morgan fingerprint density at radius 2 is 1.96 bits per heavy atom. The van der Waals surface area contributed by atoms with Crippen LogP contribution < -0.4 is 4.74 Å². The van der Waals surface area contributed by atoms with E-state index >= 15 is 0 Å². The molecule has 2 aromatic carbocycles. The number of methoxy groups -OCH3 is 1. The molecule has 2 aromatic rings. The molecule has 0 aromatic heterocycles. The molecule has 120 valence electrons. The first-order valence-electron chi connectivity index (χ1n) is 8.21. The lowest BCUT2D eigenvalue weighted by atomic mass is 9.78. The summed E-state index contributed by atoms with van der Waals surface area (Å²) < 4.78 is 11.4. The molecule has 1 heterocycles. The van der Waals surface area contributed by atoms with E-state index in [0.29, 0.717) is 19.7 Å². The number of amides is 1. The second kappa shape index (κ2) is 5.53. The molecule has 2 aliphatic rings. The molecule has 1 amide bonds. The van der Waals surface area contributed by atoms with Crippen molar-refractivity contribution >= 4 is 16.7 Å². The van der Waals surface area contributed by atoms with Crippen molar-refractivity contribution < 1.29 is 14.3 Å². The van der Waals surface area contributed by atoms with Gasteiger partial charge < -0.3 is 14.4 Å². The number of hydrogen-bond donors (Lipinski definition) is 0. The van der Waals surface area contributed by atoms with Crippen molar-refractivity contribution in [2.24, 2.45) is 0 Å². The van der Waals surface area contributed by atoms with Crippen molar-refractivity contribution in [2.45, 2.75) is 24.9 Å². The average Bonchev–Trinajstić information content (AvgIpc) is 2.59. The summed E-state index contributed by atoms with van der Waals surface area (Å²) in [4.78, 5) is 15.0. The van der Waals surface area contributed by atoms with Gasteiger partial charge in [0, 0.05) is 17.5 Å². The quantitative estimate of drug-likeness (QED) is 0.854. The van der Waals surface area contributed by atoms with Crippen LogP contribution in [0.5, 0.6) is 5.75 Å². The lowest BCUT2D eigenvalue weighted by Gasteiger charge is -2.48. The Labute approximate surface area is 136 Å². The maximum atomic E-state index is 13.1. The van der Waals surface area contributed by atoms with Gasteiger partial charge in [-0.05, 0) is 36.8 Å². The minimum atomic E-state index is -0.0732. The molecular weight excluding hydrogens is 290 g/mol. The maximum absolute atomic E-state index is 13.1.